The summed E-state index contributed by atoms with van der Waals surface area (Å²) < 4.78 is 45.1. The van der Waals surface area contributed by atoms with Crippen molar-refractivity contribution in [2.45, 2.75) is 62.8 Å². The molecule has 5 rings (SSSR count). The van der Waals surface area contributed by atoms with E-state index >= 15 is 0 Å². The zero-order chi connectivity index (χ0) is 32.7. The van der Waals surface area contributed by atoms with Crippen LogP contribution in [0.4, 0.5) is 13.2 Å². The summed E-state index contributed by atoms with van der Waals surface area (Å²) in [6, 6.07) is 19.6. The molecule has 2 aliphatic heterocycles. The van der Waals surface area contributed by atoms with Gasteiger partial charge in [0.1, 0.15) is 36.2 Å². The Morgan fingerprint density at radius 3 is 2.17 bits per heavy atom. The van der Waals surface area contributed by atoms with Crippen molar-refractivity contribution in [3.63, 3.8) is 0 Å². The van der Waals surface area contributed by atoms with Crippen molar-refractivity contribution in [3.8, 4) is 11.5 Å². The Balaban J connectivity index is 1.51. The smallest absolute Gasteiger partial charge is 0.405 e. The number of ether oxygens (including phenoxy) is 1. The standard InChI is InChI=1S/C34H35F3N4O5/c35-34(36,37)21-38-31(43)28-19-23-9-4-11-25(17-23)46-26-12-5-10-24(18-26)20-29(41-16-6-13-30(41)42)33(45)39-27(32(44)40-28)15-14-22-7-2-1-3-8-22/h1-5,7-12,17-18,27-29H,6,13-16,19-21H2,(H,38,43)(H,39,45)(H,40,44)/t27-,28-,29?/m0/s1. The van der Waals surface area contributed by atoms with Gasteiger partial charge in [0.2, 0.25) is 23.6 Å². The molecule has 1 unspecified atom stereocenters. The van der Waals surface area contributed by atoms with Crippen LogP contribution in [0.5, 0.6) is 11.5 Å². The number of likely N-dealkylation sites (tertiary alicyclic amines) is 1. The Bertz CT molecular complexity index is 1570. The average Bonchev–Trinajstić information content (AvgIpc) is 3.45. The van der Waals surface area contributed by atoms with Gasteiger partial charge < -0.3 is 25.6 Å². The van der Waals surface area contributed by atoms with Crippen LogP contribution in [-0.4, -0.2) is 65.9 Å². The largest absolute Gasteiger partial charge is 0.457 e. The maximum atomic E-state index is 13.9. The lowest BCUT2D eigenvalue weighted by atomic mass is 10.00. The Labute approximate surface area is 264 Å². The maximum absolute atomic E-state index is 13.9. The number of fused-ring (bicyclic) bond motifs is 4. The SMILES string of the molecule is O=C1N[C@@H](CCc2ccccc2)C(=O)N[C@H](C(=O)NCC(F)(F)F)Cc2cccc(c2)Oc2cccc(c2)CC1N1CCCC1=O. The first-order chi connectivity index (χ1) is 22.0. The fraction of sp³-hybridized carbons (Fsp3) is 0.353. The van der Waals surface area contributed by atoms with Crippen LogP contribution in [0.1, 0.15) is 36.0 Å². The molecule has 12 heteroatoms. The van der Waals surface area contributed by atoms with E-state index in [0.29, 0.717) is 42.9 Å². The summed E-state index contributed by atoms with van der Waals surface area (Å²) in [4.78, 5) is 55.2. The van der Waals surface area contributed by atoms with E-state index in [9.17, 15) is 32.3 Å². The zero-order valence-corrected chi connectivity index (χ0v) is 25.0. The van der Waals surface area contributed by atoms with Crippen LogP contribution in [0.3, 0.4) is 0 Å². The number of nitrogens with zero attached hydrogens (tertiary/aromatic N) is 1. The lowest BCUT2D eigenvalue weighted by Crippen LogP contribution is -2.58. The van der Waals surface area contributed by atoms with E-state index in [-0.39, 0.29) is 25.2 Å². The van der Waals surface area contributed by atoms with Crippen LogP contribution in [0.15, 0.2) is 78.9 Å². The third-order valence-electron chi connectivity index (χ3n) is 7.98. The molecule has 1 saturated heterocycles. The summed E-state index contributed by atoms with van der Waals surface area (Å²) in [6.45, 7) is -1.19. The van der Waals surface area contributed by atoms with E-state index in [1.54, 1.807) is 42.5 Å². The zero-order valence-electron chi connectivity index (χ0n) is 25.0. The highest BCUT2D eigenvalue weighted by Gasteiger charge is 2.36. The van der Waals surface area contributed by atoms with Crippen molar-refractivity contribution in [2.24, 2.45) is 0 Å². The van der Waals surface area contributed by atoms with Gasteiger partial charge in [-0.05, 0) is 60.2 Å². The molecule has 4 bridgehead atoms. The number of rotatable bonds is 6. The normalized spacial score (nSPS) is 20.8. The highest BCUT2D eigenvalue weighted by atomic mass is 19.4. The molecule has 0 saturated carbocycles. The number of nitrogens with one attached hydrogen (secondary N) is 3. The number of alkyl halides is 3. The predicted molar refractivity (Wildman–Crippen MR) is 163 cm³/mol. The fourth-order valence-electron chi connectivity index (χ4n) is 5.69. The number of aryl methyl sites for hydroxylation is 1. The van der Waals surface area contributed by atoms with E-state index < -0.39 is 48.6 Å². The maximum Gasteiger partial charge on any atom is 0.405 e. The molecule has 0 radical (unpaired) electrons. The summed E-state index contributed by atoms with van der Waals surface area (Å²) in [6.07, 6.45) is -3.22. The topological polar surface area (TPSA) is 117 Å². The van der Waals surface area contributed by atoms with Crippen LogP contribution in [0.25, 0.3) is 0 Å². The van der Waals surface area contributed by atoms with Gasteiger partial charge in [0, 0.05) is 25.8 Å². The van der Waals surface area contributed by atoms with Gasteiger partial charge in [-0.1, -0.05) is 54.6 Å². The number of hydrogen-bond acceptors (Lipinski definition) is 5. The van der Waals surface area contributed by atoms with Crippen molar-refractivity contribution in [3.05, 3.63) is 95.6 Å². The molecular formula is C34H35F3N4O5. The van der Waals surface area contributed by atoms with Crippen LogP contribution >= 0.6 is 0 Å². The van der Waals surface area contributed by atoms with E-state index in [4.69, 9.17) is 4.74 Å². The summed E-state index contributed by atoms with van der Waals surface area (Å²) in [5.74, 6) is -1.60. The Hall–Kier alpha value is -4.87. The van der Waals surface area contributed by atoms with Crippen LogP contribution < -0.4 is 20.7 Å². The van der Waals surface area contributed by atoms with Gasteiger partial charge in [-0.25, -0.2) is 0 Å². The van der Waals surface area contributed by atoms with Crippen molar-refractivity contribution in [2.75, 3.05) is 13.1 Å². The van der Waals surface area contributed by atoms with Crippen molar-refractivity contribution in [1.82, 2.24) is 20.9 Å². The predicted octanol–water partition coefficient (Wildman–Crippen LogP) is 3.85. The van der Waals surface area contributed by atoms with E-state index in [1.165, 1.54) is 4.90 Å². The average molecular weight is 637 g/mol. The minimum absolute atomic E-state index is 0.137. The molecule has 4 amide bonds. The number of carbonyl (C=O) groups is 4. The molecule has 3 atom stereocenters. The van der Waals surface area contributed by atoms with E-state index in [0.717, 1.165) is 11.1 Å². The molecule has 46 heavy (non-hydrogen) atoms. The molecule has 3 aromatic rings. The molecule has 0 aromatic heterocycles. The highest BCUT2D eigenvalue weighted by molar-refractivity contribution is 5.94. The molecule has 1 fully saturated rings. The summed E-state index contributed by atoms with van der Waals surface area (Å²) >= 11 is 0. The van der Waals surface area contributed by atoms with Crippen molar-refractivity contribution >= 4 is 23.6 Å². The fourth-order valence-corrected chi connectivity index (χ4v) is 5.69. The molecule has 9 nitrogen and oxygen atoms in total. The second-order valence-electron chi connectivity index (χ2n) is 11.5. The molecule has 242 valence electrons. The summed E-state index contributed by atoms with van der Waals surface area (Å²) in [5.41, 5.74) is 2.18. The molecule has 0 aliphatic carbocycles. The van der Waals surface area contributed by atoms with Crippen molar-refractivity contribution < 1.29 is 37.1 Å². The quantitative estimate of drug-likeness (QED) is 0.380. The second-order valence-corrected chi connectivity index (χ2v) is 11.5. The minimum Gasteiger partial charge on any atom is -0.457 e. The minimum atomic E-state index is -4.66. The van der Waals surface area contributed by atoms with Gasteiger partial charge in [0.15, 0.2) is 0 Å². The van der Waals surface area contributed by atoms with E-state index in [1.807, 2.05) is 41.7 Å². The molecule has 2 aliphatic rings. The van der Waals surface area contributed by atoms with Gasteiger partial charge in [0.05, 0.1) is 0 Å². The van der Waals surface area contributed by atoms with E-state index in [2.05, 4.69) is 10.6 Å². The summed E-state index contributed by atoms with van der Waals surface area (Å²) in [7, 11) is 0. The summed E-state index contributed by atoms with van der Waals surface area (Å²) in [5, 5.41) is 7.27. The van der Waals surface area contributed by atoms with Gasteiger partial charge in [-0.15, -0.1) is 0 Å². The van der Waals surface area contributed by atoms with Gasteiger partial charge in [0.25, 0.3) is 0 Å². The number of hydrogen-bond donors (Lipinski definition) is 3. The molecule has 0 spiro atoms. The first kappa shape index (κ1) is 32.5. The molecule has 3 N–H and O–H groups in total. The third kappa shape index (κ3) is 8.86. The number of benzene rings is 3. The molecule has 2 heterocycles. The Morgan fingerprint density at radius 1 is 0.870 bits per heavy atom. The van der Waals surface area contributed by atoms with Gasteiger partial charge in [-0.3, -0.25) is 19.2 Å². The number of amides is 4. The first-order valence-corrected chi connectivity index (χ1v) is 15.2. The lowest BCUT2D eigenvalue weighted by molar-refractivity contribution is -0.141. The van der Waals surface area contributed by atoms with Crippen LogP contribution in [0, 0.1) is 0 Å². The lowest BCUT2D eigenvalue weighted by Gasteiger charge is -2.30. The second kappa shape index (κ2) is 14.5. The van der Waals surface area contributed by atoms with Crippen molar-refractivity contribution in [1.29, 1.82) is 0 Å². The number of halogens is 3. The molecular weight excluding hydrogens is 601 g/mol. The first-order valence-electron chi connectivity index (χ1n) is 15.2. The van der Waals surface area contributed by atoms with Crippen LogP contribution in [0.2, 0.25) is 0 Å². The van der Waals surface area contributed by atoms with Gasteiger partial charge in [-0.2, -0.15) is 13.2 Å². The molecule has 3 aromatic carbocycles. The third-order valence-corrected chi connectivity index (χ3v) is 7.98. The Kier molecular flexibility index (Phi) is 10.2. The number of carbonyl (C=O) groups excluding carboxylic acids is 4. The Morgan fingerprint density at radius 2 is 1.54 bits per heavy atom. The monoisotopic (exact) mass is 636 g/mol. The van der Waals surface area contributed by atoms with Gasteiger partial charge >= 0.3 is 6.18 Å². The highest BCUT2D eigenvalue weighted by Crippen LogP contribution is 2.26. The van der Waals surface area contributed by atoms with Crippen LogP contribution in [-0.2, 0) is 38.4 Å².